The molecule has 0 bridgehead atoms. The van der Waals surface area contributed by atoms with Crippen LogP contribution in [-0.2, 0) is 11.2 Å². The maximum Gasteiger partial charge on any atom is 0.144 e. The van der Waals surface area contributed by atoms with Crippen LogP contribution in [0.25, 0.3) is 0 Å². The SMILES string of the molecule is COc1ccc(CC2=NN[C@H]3CC(C)(C)CC(=O)[C@@H]23)cc1. The molecule has 112 valence electrons. The Hall–Kier alpha value is -1.84. The largest absolute Gasteiger partial charge is 0.497 e. The molecule has 2 aliphatic rings. The number of methoxy groups -OCH3 is 1. The highest BCUT2D eigenvalue weighted by atomic mass is 16.5. The van der Waals surface area contributed by atoms with E-state index >= 15 is 0 Å². The van der Waals surface area contributed by atoms with Gasteiger partial charge in [-0.1, -0.05) is 26.0 Å². The number of nitrogens with one attached hydrogen (secondary N) is 1. The highest BCUT2D eigenvalue weighted by Gasteiger charge is 2.45. The van der Waals surface area contributed by atoms with Crippen LogP contribution in [0.4, 0.5) is 0 Å². The minimum atomic E-state index is -0.0415. The van der Waals surface area contributed by atoms with E-state index in [2.05, 4.69) is 24.4 Å². The Labute approximate surface area is 125 Å². The van der Waals surface area contributed by atoms with E-state index in [4.69, 9.17) is 4.74 Å². The molecular weight excluding hydrogens is 264 g/mol. The molecule has 21 heavy (non-hydrogen) atoms. The molecule has 1 fully saturated rings. The van der Waals surface area contributed by atoms with Gasteiger partial charge in [-0.2, -0.15) is 5.10 Å². The molecule has 0 spiro atoms. The van der Waals surface area contributed by atoms with Crippen LogP contribution in [0.1, 0.15) is 32.3 Å². The third kappa shape index (κ3) is 2.80. The fraction of sp³-hybridized carbons (Fsp3) is 0.529. The number of ether oxygens (including phenoxy) is 1. The standard InChI is InChI=1S/C17H22N2O2/c1-17(2)9-14-16(15(20)10-17)13(18-19-14)8-11-4-6-12(21-3)7-5-11/h4-7,14,16,19H,8-10H2,1-3H3/t14-,16-/m0/s1. The number of Topliss-reactive ketones (excluding diaryl/α,β-unsaturated/α-hetero) is 1. The van der Waals surface area contributed by atoms with Gasteiger partial charge in [-0.25, -0.2) is 0 Å². The Kier molecular flexibility index (Phi) is 3.47. The number of carbonyl (C=O) groups is 1. The van der Waals surface area contributed by atoms with Gasteiger partial charge in [-0.05, 0) is 29.5 Å². The summed E-state index contributed by atoms with van der Waals surface area (Å²) in [5, 5.41) is 4.45. The Morgan fingerprint density at radius 3 is 2.71 bits per heavy atom. The van der Waals surface area contributed by atoms with Crippen LogP contribution in [0.3, 0.4) is 0 Å². The number of benzene rings is 1. The molecule has 0 unspecified atom stereocenters. The molecule has 1 aromatic carbocycles. The van der Waals surface area contributed by atoms with E-state index in [0.717, 1.165) is 29.9 Å². The molecule has 0 amide bonds. The summed E-state index contributed by atoms with van der Waals surface area (Å²) >= 11 is 0. The van der Waals surface area contributed by atoms with Gasteiger partial charge in [0.1, 0.15) is 11.5 Å². The zero-order chi connectivity index (χ0) is 15.0. The third-order valence-corrected chi connectivity index (χ3v) is 4.45. The predicted molar refractivity (Wildman–Crippen MR) is 82.6 cm³/mol. The van der Waals surface area contributed by atoms with Gasteiger partial charge in [0.25, 0.3) is 0 Å². The van der Waals surface area contributed by atoms with Crippen molar-refractivity contribution in [3.63, 3.8) is 0 Å². The second kappa shape index (κ2) is 5.17. The summed E-state index contributed by atoms with van der Waals surface area (Å²) in [7, 11) is 1.66. The Morgan fingerprint density at radius 2 is 2.05 bits per heavy atom. The lowest BCUT2D eigenvalue weighted by atomic mass is 9.68. The summed E-state index contributed by atoms with van der Waals surface area (Å²) in [6.07, 6.45) is 2.38. The van der Waals surface area contributed by atoms with Gasteiger partial charge in [0.2, 0.25) is 0 Å². The van der Waals surface area contributed by atoms with Crippen LogP contribution in [-0.4, -0.2) is 24.6 Å². The lowest BCUT2D eigenvalue weighted by Gasteiger charge is -2.36. The minimum Gasteiger partial charge on any atom is -0.497 e. The first-order valence-corrected chi connectivity index (χ1v) is 7.46. The number of hydrogen-bond acceptors (Lipinski definition) is 4. The Balaban J connectivity index is 1.73. The predicted octanol–water partition coefficient (Wildman–Crippen LogP) is 2.57. The summed E-state index contributed by atoms with van der Waals surface area (Å²) in [6, 6.07) is 8.13. The van der Waals surface area contributed by atoms with Crippen molar-refractivity contribution in [3.05, 3.63) is 29.8 Å². The van der Waals surface area contributed by atoms with Crippen molar-refractivity contribution < 1.29 is 9.53 Å². The van der Waals surface area contributed by atoms with Gasteiger partial charge in [0.05, 0.1) is 24.8 Å². The van der Waals surface area contributed by atoms with Crippen LogP contribution in [0, 0.1) is 11.3 Å². The summed E-state index contributed by atoms with van der Waals surface area (Å²) < 4.78 is 5.17. The van der Waals surface area contributed by atoms with Gasteiger partial charge >= 0.3 is 0 Å². The van der Waals surface area contributed by atoms with Crippen LogP contribution in [0.15, 0.2) is 29.4 Å². The molecule has 1 N–H and O–H groups in total. The van der Waals surface area contributed by atoms with E-state index in [1.165, 1.54) is 0 Å². The van der Waals surface area contributed by atoms with Crippen LogP contribution in [0.2, 0.25) is 0 Å². The van der Waals surface area contributed by atoms with Crippen LogP contribution >= 0.6 is 0 Å². The number of ketones is 1. The second-order valence-corrected chi connectivity index (χ2v) is 6.85. The molecular formula is C17H22N2O2. The minimum absolute atomic E-state index is 0.0415. The average molecular weight is 286 g/mol. The molecule has 1 aromatic rings. The molecule has 1 saturated carbocycles. The Bertz CT molecular complexity index is 575. The first-order chi connectivity index (χ1) is 9.98. The van der Waals surface area contributed by atoms with Crippen LogP contribution in [0.5, 0.6) is 5.75 Å². The molecule has 0 saturated heterocycles. The van der Waals surface area contributed by atoms with Crippen molar-refractivity contribution >= 4 is 11.5 Å². The molecule has 1 heterocycles. The van der Waals surface area contributed by atoms with Crippen molar-refractivity contribution in [2.24, 2.45) is 16.4 Å². The molecule has 1 aliphatic carbocycles. The number of nitrogens with zero attached hydrogens (tertiary/aromatic N) is 1. The fourth-order valence-electron chi connectivity index (χ4n) is 3.47. The lowest BCUT2D eigenvalue weighted by Crippen LogP contribution is -2.45. The molecule has 3 rings (SSSR count). The fourth-order valence-corrected chi connectivity index (χ4v) is 3.47. The number of hydrogen-bond donors (Lipinski definition) is 1. The quantitative estimate of drug-likeness (QED) is 0.929. The highest BCUT2D eigenvalue weighted by Crippen LogP contribution is 2.39. The first-order valence-electron chi connectivity index (χ1n) is 7.46. The summed E-state index contributed by atoms with van der Waals surface area (Å²) in [6.45, 7) is 4.31. The molecule has 4 nitrogen and oxygen atoms in total. The number of fused-ring (bicyclic) bond motifs is 1. The maximum atomic E-state index is 12.5. The van der Waals surface area contributed by atoms with Gasteiger partial charge in [-0.15, -0.1) is 0 Å². The Morgan fingerprint density at radius 1 is 1.33 bits per heavy atom. The first kappa shape index (κ1) is 14.1. The van der Waals surface area contributed by atoms with Crippen molar-refractivity contribution in [3.8, 4) is 5.75 Å². The topological polar surface area (TPSA) is 50.7 Å². The van der Waals surface area contributed by atoms with Crippen molar-refractivity contribution in [1.29, 1.82) is 0 Å². The van der Waals surface area contributed by atoms with Crippen molar-refractivity contribution in [2.75, 3.05) is 7.11 Å². The van der Waals surface area contributed by atoms with E-state index < -0.39 is 0 Å². The zero-order valence-electron chi connectivity index (χ0n) is 12.8. The lowest BCUT2D eigenvalue weighted by molar-refractivity contribution is -0.126. The van der Waals surface area contributed by atoms with E-state index in [-0.39, 0.29) is 17.4 Å². The summed E-state index contributed by atoms with van der Waals surface area (Å²) in [5.41, 5.74) is 5.40. The summed E-state index contributed by atoms with van der Waals surface area (Å²) in [4.78, 5) is 12.5. The molecule has 1 aliphatic heterocycles. The average Bonchev–Trinajstić information content (AvgIpc) is 2.81. The number of carbonyl (C=O) groups excluding carboxylic acids is 1. The van der Waals surface area contributed by atoms with Gasteiger partial charge in [0, 0.05) is 12.8 Å². The van der Waals surface area contributed by atoms with Crippen molar-refractivity contribution in [2.45, 2.75) is 39.2 Å². The van der Waals surface area contributed by atoms with E-state index in [1.807, 2.05) is 24.3 Å². The summed E-state index contributed by atoms with van der Waals surface area (Å²) in [5.74, 6) is 1.13. The van der Waals surface area contributed by atoms with E-state index in [9.17, 15) is 4.79 Å². The molecule has 0 aromatic heterocycles. The third-order valence-electron chi connectivity index (χ3n) is 4.45. The second-order valence-electron chi connectivity index (χ2n) is 6.85. The monoisotopic (exact) mass is 286 g/mol. The number of hydrazone groups is 1. The van der Waals surface area contributed by atoms with Gasteiger partial charge in [0.15, 0.2) is 0 Å². The van der Waals surface area contributed by atoms with E-state index in [1.54, 1.807) is 7.11 Å². The normalized spacial score (nSPS) is 26.8. The van der Waals surface area contributed by atoms with E-state index in [0.29, 0.717) is 12.2 Å². The molecule has 2 atom stereocenters. The smallest absolute Gasteiger partial charge is 0.144 e. The van der Waals surface area contributed by atoms with Crippen LogP contribution < -0.4 is 10.2 Å². The van der Waals surface area contributed by atoms with Gasteiger partial charge < -0.3 is 10.2 Å². The molecule has 4 heteroatoms. The maximum absolute atomic E-state index is 12.5. The highest BCUT2D eigenvalue weighted by molar-refractivity contribution is 6.08. The van der Waals surface area contributed by atoms with Gasteiger partial charge in [-0.3, -0.25) is 4.79 Å². The van der Waals surface area contributed by atoms with Crippen molar-refractivity contribution in [1.82, 2.24) is 5.43 Å². The zero-order valence-corrected chi connectivity index (χ0v) is 12.8. The number of rotatable bonds is 3. The molecule has 0 radical (unpaired) electrons.